The molecule has 1 unspecified atom stereocenters. The highest BCUT2D eigenvalue weighted by atomic mass is 16.6. The molecule has 30 heavy (non-hydrogen) atoms. The summed E-state index contributed by atoms with van der Waals surface area (Å²) >= 11 is 0. The number of carbonyl (C=O) groups excluding carboxylic acids is 2. The molecule has 0 amide bonds. The molecular weight excluding hydrogens is 384 g/mol. The summed E-state index contributed by atoms with van der Waals surface area (Å²) in [5.74, 6) is -0.120. The predicted molar refractivity (Wildman–Crippen MR) is 119 cm³/mol. The molecule has 0 aromatic carbocycles. The van der Waals surface area contributed by atoms with Gasteiger partial charge in [0.1, 0.15) is 12.2 Å². The van der Waals surface area contributed by atoms with Crippen LogP contribution in [0, 0.1) is 5.92 Å². The lowest BCUT2D eigenvalue weighted by molar-refractivity contribution is -0.160. The van der Waals surface area contributed by atoms with Crippen LogP contribution < -0.4 is 0 Å². The molecule has 0 heterocycles. The maximum absolute atomic E-state index is 11.9. The SMILES string of the molecule is CCC(C)CCCCCCCCCCCC[C@H](CC(=O)OC(CO)CO)OC(C)=O. The van der Waals surface area contributed by atoms with Crippen molar-refractivity contribution in [2.24, 2.45) is 5.92 Å². The number of unbranched alkanes of at least 4 members (excludes halogenated alkanes) is 9. The van der Waals surface area contributed by atoms with Gasteiger partial charge in [-0.05, 0) is 18.8 Å². The quantitative estimate of drug-likeness (QED) is 0.210. The van der Waals surface area contributed by atoms with Crippen LogP contribution in [0.5, 0.6) is 0 Å². The van der Waals surface area contributed by atoms with Crippen LogP contribution in [0.4, 0.5) is 0 Å². The third kappa shape index (κ3) is 17.7. The molecule has 2 N–H and O–H groups in total. The fourth-order valence-corrected chi connectivity index (χ4v) is 3.47. The van der Waals surface area contributed by atoms with E-state index in [-0.39, 0.29) is 6.42 Å². The lowest BCUT2D eigenvalue weighted by Crippen LogP contribution is -2.29. The lowest BCUT2D eigenvalue weighted by Gasteiger charge is -2.18. The molecule has 2 atom stereocenters. The summed E-state index contributed by atoms with van der Waals surface area (Å²) in [5, 5.41) is 18.0. The number of hydrogen-bond acceptors (Lipinski definition) is 6. The van der Waals surface area contributed by atoms with E-state index in [0.29, 0.717) is 6.42 Å². The summed E-state index contributed by atoms with van der Waals surface area (Å²) in [6, 6.07) is 0. The number of rotatable bonds is 20. The molecule has 0 saturated heterocycles. The Morgan fingerprint density at radius 1 is 0.733 bits per heavy atom. The molecular formula is C24H46O6. The van der Waals surface area contributed by atoms with Crippen LogP contribution in [0.2, 0.25) is 0 Å². The second-order valence-electron chi connectivity index (χ2n) is 8.54. The molecule has 0 aromatic heterocycles. The van der Waals surface area contributed by atoms with E-state index in [1.165, 1.54) is 64.7 Å². The van der Waals surface area contributed by atoms with E-state index in [4.69, 9.17) is 19.7 Å². The summed E-state index contributed by atoms with van der Waals surface area (Å²) < 4.78 is 10.2. The van der Waals surface area contributed by atoms with Crippen LogP contribution >= 0.6 is 0 Å². The Labute approximate surface area is 183 Å². The molecule has 178 valence electrons. The van der Waals surface area contributed by atoms with Crippen molar-refractivity contribution in [3.8, 4) is 0 Å². The summed E-state index contributed by atoms with van der Waals surface area (Å²) in [5.41, 5.74) is 0. The second kappa shape index (κ2) is 19.8. The first kappa shape index (κ1) is 28.9. The maximum atomic E-state index is 11.9. The first-order valence-corrected chi connectivity index (χ1v) is 12.0. The van der Waals surface area contributed by atoms with Crippen LogP contribution in [0.3, 0.4) is 0 Å². The number of hydrogen-bond donors (Lipinski definition) is 2. The summed E-state index contributed by atoms with van der Waals surface area (Å²) in [6.45, 7) is 5.07. The first-order valence-electron chi connectivity index (χ1n) is 12.0. The van der Waals surface area contributed by atoms with Crippen molar-refractivity contribution in [2.75, 3.05) is 13.2 Å². The number of aliphatic hydroxyl groups excluding tert-OH is 2. The molecule has 0 aliphatic rings. The van der Waals surface area contributed by atoms with Crippen LogP contribution in [-0.4, -0.2) is 47.6 Å². The molecule has 0 spiro atoms. The predicted octanol–water partition coefficient (Wildman–Crippen LogP) is 4.93. The zero-order valence-corrected chi connectivity index (χ0v) is 19.6. The van der Waals surface area contributed by atoms with E-state index in [1.54, 1.807) is 0 Å². The van der Waals surface area contributed by atoms with Crippen molar-refractivity contribution in [3.63, 3.8) is 0 Å². The van der Waals surface area contributed by atoms with Crippen molar-refractivity contribution >= 4 is 11.9 Å². The van der Waals surface area contributed by atoms with Gasteiger partial charge in [-0.3, -0.25) is 9.59 Å². The summed E-state index contributed by atoms with van der Waals surface area (Å²) in [4.78, 5) is 23.1. The highest BCUT2D eigenvalue weighted by Crippen LogP contribution is 2.17. The molecule has 0 aliphatic heterocycles. The van der Waals surface area contributed by atoms with Crippen molar-refractivity contribution in [1.82, 2.24) is 0 Å². The van der Waals surface area contributed by atoms with Crippen molar-refractivity contribution < 1.29 is 29.3 Å². The van der Waals surface area contributed by atoms with Crippen LogP contribution in [0.15, 0.2) is 0 Å². The minimum atomic E-state index is -0.921. The topological polar surface area (TPSA) is 93.1 Å². The van der Waals surface area contributed by atoms with Gasteiger partial charge < -0.3 is 19.7 Å². The smallest absolute Gasteiger partial charge is 0.309 e. The summed E-state index contributed by atoms with van der Waals surface area (Å²) in [6.07, 6.45) is 14.1. The summed E-state index contributed by atoms with van der Waals surface area (Å²) in [7, 11) is 0. The normalized spacial score (nSPS) is 13.3. The van der Waals surface area contributed by atoms with Crippen molar-refractivity contribution in [1.29, 1.82) is 0 Å². The Morgan fingerprint density at radius 3 is 1.63 bits per heavy atom. The standard InChI is InChI=1S/C24H46O6/c1-4-20(2)15-13-11-9-7-5-6-8-10-12-14-16-22(29-21(3)27)17-24(28)30-23(18-25)19-26/h20,22-23,25-26H,4-19H2,1-3H3/t20?,22-/m1/s1. The number of esters is 2. The van der Waals surface area contributed by atoms with Gasteiger partial charge in [-0.1, -0.05) is 84.5 Å². The van der Waals surface area contributed by atoms with Crippen LogP contribution in [0.25, 0.3) is 0 Å². The third-order valence-electron chi connectivity index (χ3n) is 5.60. The Bertz CT molecular complexity index is 422. The lowest BCUT2D eigenvalue weighted by atomic mass is 9.99. The Hall–Kier alpha value is -1.14. The highest BCUT2D eigenvalue weighted by Gasteiger charge is 2.20. The molecule has 6 heteroatoms. The van der Waals surface area contributed by atoms with Gasteiger partial charge in [0, 0.05) is 6.92 Å². The van der Waals surface area contributed by atoms with Crippen LogP contribution in [0.1, 0.15) is 111 Å². The molecule has 6 nitrogen and oxygen atoms in total. The molecule has 0 aromatic rings. The zero-order valence-electron chi connectivity index (χ0n) is 19.6. The van der Waals surface area contributed by atoms with Crippen molar-refractivity contribution in [3.05, 3.63) is 0 Å². The minimum Gasteiger partial charge on any atom is -0.462 e. The number of ether oxygens (including phenoxy) is 2. The zero-order chi connectivity index (χ0) is 22.6. The fourth-order valence-electron chi connectivity index (χ4n) is 3.47. The van der Waals surface area contributed by atoms with Crippen molar-refractivity contribution in [2.45, 2.75) is 123 Å². The molecule has 0 bridgehead atoms. The minimum absolute atomic E-state index is 0.0485. The molecule has 0 fully saturated rings. The second-order valence-corrected chi connectivity index (χ2v) is 8.54. The maximum Gasteiger partial charge on any atom is 0.309 e. The van der Waals surface area contributed by atoms with E-state index in [0.717, 1.165) is 25.2 Å². The fraction of sp³-hybridized carbons (Fsp3) is 0.917. The van der Waals surface area contributed by atoms with E-state index < -0.39 is 37.4 Å². The molecule has 0 saturated carbocycles. The van der Waals surface area contributed by atoms with Crippen LogP contribution in [-0.2, 0) is 19.1 Å². The van der Waals surface area contributed by atoms with Gasteiger partial charge in [0.25, 0.3) is 0 Å². The average Bonchev–Trinajstić information content (AvgIpc) is 2.71. The van der Waals surface area contributed by atoms with E-state index in [1.807, 2.05) is 0 Å². The highest BCUT2D eigenvalue weighted by molar-refractivity contribution is 5.71. The van der Waals surface area contributed by atoms with Gasteiger partial charge in [-0.25, -0.2) is 0 Å². The van der Waals surface area contributed by atoms with Gasteiger partial charge in [0.2, 0.25) is 0 Å². The molecule has 0 rings (SSSR count). The van der Waals surface area contributed by atoms with Gasteiger partial charge in [-0.15, -0.1) is 0 Å². The Kier molecular flexibility index (Phi) is 19.0. The first-order chi connectivity index (χ1) is 14.4. The number of carbonyl (C=O) groups is 2. The number of aliphatic hydroxyl groups is 2. The van der Waals surface area contributed by atoms with Gasteiger partial charge in [0.15, 0.2) is 0 Å². The Balaban J connectivity index is 3.77. The largest absolute Gasteiger partial charge is 0.462 e. The van der Waals surface area contributed by atoms with Gasteiger partial charge in [0.05, 0.1) is 19.6 Å². The third-order valence-corrected chi connectivity index (χ3v) is 5.60. The van der Waals surface area contributed by atoms with E-state index in [9.17, 15) is 9.59 Å². The van der Waals surface area contributed by atoms with Gasteiger partial charge in [-0.2, -0.15) is 0 Å². The van der Waals surface area contributed by atoms with Gasteiger partial charge >= 0.3 is 11.9 Å². The average molecular weight is 431 g/mol. The van der Waals surface area contributed by atoms with E-state index >= 15 is 0 Å². The molecule has 0 aliphatic carbocycles. The molecule has 0 radical (unpaired) electrons. The monoisotopic (exact) mass is 430 g/mol. The van der Waals surface area contributed by atoms with E-state index in [2.05, 4.69) is 13.8 Å². The Morgan fingerprint density at radius 2 is 1.20 bits per heavy atom.